The van der Waals surface area contributed by atoms with Gasteiger partial charge in [0.25, 0.3) is 0 Å². The SMILES string of the molecule is CC[C@@H]1CC[C@@H](CC)P1/C=C\[PH]1(C)CCC[C@H]1CC. The molecule has 0 aromatic heterocycles. The van der Waals surface area contributed by atoms with E-state index in [2.05, 4.69) is 39.1 Å². The third-order valence-electron chi connectivity index (χ3n) is 5.94. The van der Waals surface area contributed by atoms with Gasteiger partial charge in [0.15, 0.2) is 0 Å². The van der Waals surface area contributed by atoms with Crippen LogP contribution in [0.5, 0.6) is 0 Å². The predicted octanol–water partition coefficient (Wildman–Crippen LogP) is 6.24. The molecule has 0 nitrogen and oxygen atoms in total. The Labute approximate surface area is 122 Å². The Balaban J connectivity index is 2.07. The van der Waals surface area contributed by atoms with Gasteiger partial charge in [0.05, 0.1) is 0 Å². The Morgan fingerprint density at radius 3 is 2.16 bits per heavy atom. The summed E-state index contributed by atoms with van der Waals surface area (Å²) in [6, 6.07) is 0. The number of hydrogen-bond acceptors (Lipinski definition) is 0. The fourth-order valence-electron chi connectivity index (χ4n) is 4.46. The minimum atomic E-state index is -1.03. The van der Waals surface area contributed by atoms with E-state index in [1.165, 1.54) is 44.9 Å². The van der Waals surface area contributed by atoms with Gasteiger partial charge in [-0.3, -0.25) is 0 Å². The average Bonchev–Trinajstić information content (AvgIpc) is 2.99. The molecule has 2 saturated heterocycles. The third kappa shape index (κ3) is 3.44. The Kier molecular flexibility index (Phi) is 5.92. The quantitative estimate of drug-likeness (QED) is 0.527. The first-order chi connectivity index (χ1) is 9.14. The van der Waals surface area contributed by atoms with Crippen LogP contribution >= 0.6 is 15.2 Å². The van der Waals surface area contributed by atoms with Crippen LogP contribution in [-0.2, 0) is 0 Å². The summed E-state index contributed by atoms with van der Waals surface area (Å²) in [5.74, 6) is 5.60. The zero-order valence-electron chi connectivity index (χ0n) is 13.5. The molecule has 0 saturated carbocycles. The molecule has 2 heterocycles. The monoisotopic (exact) mass is 300 g/mol. The maximum absolute atomic E-state index is 2.82. The van der Waals surface area contributed by atoms with Gasteiger partial charge >= 0.3 is 122 Å². The van der Waals surface area contributed by atoms with Crippen molar-refractivity contribution in [2.24, 2.45) is 0 Å². The molecule has 2 rings (SSSR count). The summed E-state index contributed by atoms with van der Waals surface area (Å²) in [5, 5.41) is 0. The van der Waals surface area contributed by atoms with Crippen LogP contribution < -0.4 is 0 Å². The number of rotatable bonds is 5. The van der Waals surface area contributed by atoms with E-state index in [4.69, 9.17) is 0 Å². The van der Waals surface area contributed by atoms with Gasteiger partial charge in [0, 0.05) is 0 Å². The first-order valence-electron chi connectivity index (χ1n) is 8.61. The predicted molar refractivity (Wildman–Crippen MR) is 95.9 cm³/mol. The van der Waals surface area contributed by atoms with Crippen LogP contribution in [0, 0.1) is 0 Å². The van der Waals surface area contributed by atoms with Gasteiger partial charge in [-0.25, -0.2) is 0 Å². The van der Waals surface area contributed by atoms with E-state index >= 15 is 0 Å². The van der Waals surface area contributed by atoms with Crippen molar-refractivity contribution in [1.82, 2.24) is 0 Å². The van der Waals surface area contributed by atoms with Gasteiger partial charge in [-0.2, -0.15) is 0 Å². The van der Waals surface area contributed by atoms with Crippen LogP contribution in [0.3, 0.4) is 0 Å². The Morgan fingerprint density at radius 1 is 1.00 bits per heavy atom. The van der Waals surface area contributed by atoms with Crippen molar-refractivity contribution in [3.63, 3.8) is 0 Å². The standard InChI is InChI=1S/C17H34P2/c1-5-15-10-11-16(6-2)18(15)12-14-19(4)13-8-9-17(19)7-3/h12,14-17,19H,5-11,13H2,1-4H3/b14-12-/t15-,16-,17-/m1/s1. The molecule has 2 heteroatoms. The fraction of sp³-hybridized carbons (Fsp3) is 0.882. The van der Waals surface area contributed by atoms with Crippen LogP contribution in [0.4, 0.5) is 0 Å². The molecule has 0 aromatic rings. The van der Waals surface area contributed by atoms with Gasteiger partial charge in [-0.1, -0.05) is 0 Å². The van der Waals surface area contributed by atoms with Crippen molar-refractivity contribution in [3.8, 4) is 0 Å². The number of hydrogen-bond donors (Lipinski definition) is 0. The summed E-state index contributed by atoms with van der Waals surface area (Å²) >= 11 is 0. The molecule has 2 aliphatic rings. The molecular formula is C17H34P2. The summed E-state index contributed by atoms with van der Waals surface area (Å²) in [4.78, 5) is 0. The summed E-state index contributed by atoms with van der Waals surface area (Å²) in [6.45, 7) is 9.91. The second-order valence-electron chi connectivity index (χ2n) is 6.97. The van der Waals surface area contributed by atoms with Gasteiger partial charge in [-0.15, -0.1) is 0 Å². The van der Waals surface area contributed by atoms with Crippen molar-refractivity contribution >= 4 is 15.2 Å². The van der Waals surface area contributed by atoms with E-state index in [0.717, 1.165) is 17.0 Å². The normalized spacial score (nSPS) is 37.2. The molecule has 3 atom stereocenters. The molecule has 19 heavy (non-hydrogen) atoms. The van der Waals surface area contributed by atoms with Gasteiger partial charge in [-0.05, 0) is 0 Å². The second kappa shape index (κ2) is 7.04. The molecule has 0 radical (unpaired) electrons. The Bertz CT molecular complexity index is 300. The molecule has 0 bridgehead atoms. The van der Waals surface area contributed by atoms with Gasteiger partial charge in [0.1, 0.15) is 0 Å². The van der Waals surface area contributed by atoms with Crippen molar-refractivity contribution < 1.29 is 0 Å². The first kappa shape index (κ1) is 16.0. The van der Waals surface area contributed by atoms with E-state index in [9.17, 15) is 0 Å². The van der Waals surface area contributed by atoms with Crippen molar-refractivity contribution in [3.05, 3.63) is 11.6 Å². The molecule has 0 unspecified atom stereocenters. The fourth-order valence-corrected chi connectivity index (χ4v) is 12.9. The molecule has 0 amide bonds. The summed E-state index contributed by atoms with van der Waals surface area (Å²) in [6.07, 6.45) is 11.9. The molecule has 2 fully saturated rings. The zero-order chi connectivity index (χ0) is 13.9. The maximum atomic E-state index is 2.82. The minimum absolute atomic E-state index is 0.210. The van der Waals surface area contributed by atoms with Crippen LogP contribution in [0.2, 0.25) is 0 Å². The van der Waals surface area contributed by atoms with E-state index in [0.29, 0.717) is 0 Å². The van der Waals surface area contributed by atoms with Crippen LogP contribution in [0.1, 0.15) is 65.7 Å². The Hall–Kier alpha value is 0.600. The molecule has 0 spiro atoms. The topological polar surface area (TPSA) is 0 Å². The van der Waals surface area contributed by atoms with Crippen LogP contribution in [0.15, 0.2) is 11.6 Å². The van der Waals surface area contributed by atoms with Crippen LogP contribution in [-0.4, -0.2) is 29.8 Å². The summed E-state index contributed by atoms with van der Waals surface area (Å²) in [7, 11) is -0.822. The summed E-state index contributed by atoms with van der Waals surface area (Å²) in [5.41, 5.74) is 3.19. The van der Waals surface area contributed by atoms with E-state index in [-0.39, 0.29) is 7.92 Å². The van der Waals surface area contributed by atoms with E-state index in [1.807, 2.05) is 0 Å². The molecule has 0 aromatic carbocycles. The van der Waals surface area contributed by atoms with Crippen molar-refractivity contribution in [1.29, 1.82) is 0 Å². The molecule has 0 N–H and O–H groups in total. The Morgan fingerprint density at radius 2 is 1.63 bits per heavy atom. The zero-order valence-corrected chi connectivity index (χ0v) is 15.4. The van der Waals surface area contributed by atoms with E-state index in [1.54, 1.807) is 6.16 Å². The van der Waals surface area contributed by atoms with Gasteiger partial charge in [0.2, 0.25) is 0 Å². The molecular weight excluding hydrogens is 266 g/mol. The molecule has 0 aliphatic carbocycles. The third-order valence-corrected chi connectivity index (χ3v) is 14.6. The van der Waals surface area contributed by atoms with Crippen molar-refractivity contribution in [2.75, 3.05) is 12.8 Å². The van der Waals surface area contributed by atoms with Gasteiger partial charge < -0.3 is 0 Å². The first-order valence-corrected chi connectivity index (χ1v) is 13.0. The van der Waals surface area contributed by atoms with Crippen molar-refractivity contribution in [2.45, 2.75) is 82.7 Å². The van der Waals surface area contributed by atoms with Crippen LogP contribution in [0.25, 0.3) is 0 Å². The summed E-state index contributed by atoms with van der Waals surface area (Å²) < 4.78 is 0. The molecule has 2 aliphatic heterocycles. The average molecular weight is 300 g/mol. The van der Waals surface area contributed by atoms with E-state index < -0.39 is 7.26 Å². The molecule has 112 valence electrons. The second-order valence-corrected chi connectivity index (χ2v) is 14.3.